The molecule has 27 heavy (non-hydrogen) atoms. The fraction of sp³-hybridized carbons (Fsp3) is 0.760. The molecule has 2 saturated carbocycles. The maximum absolute atomic E-state index is 10.9. The second-order valence-electron chi connectivity index (χ2n) is 10.6. The molecule has 0 spiro atoms. The van der Waals surface area contributed by atoms with E-state index >= 15 is 0 Å². The van der Waals surface area contributed by atoms with Crippen molar-refractivity contribution in [2.24, 2.45) is 28.6 Å². The monoisotopic (exact) mass is 371 g/mol. The average molecular weight is 372 g/mol. The molecule has 0 aliphatic heterocycles. The topological polar surface area (TPSA) is 23.5 Å². The van der Waals surface area contributed by atoms with Crippen molar-refractivity contribution in [1.29, 1.82) is 0 Å². The summed E-state index contributed by atoms with van der Waals surface area (Å²) in [5, 5.41) is 10.9. The van der Waals surface area contributed by atoms with E-state index in [1.165, 1.54) is 30.5 Å². The normalized spacial score (nSPS) is 36.5. The minimum atomic E-state index is -0.135. The van der Waals surface area contributed by atoms with E-state index in [4.69, 9.17) is 0 Å². The SMILES string of the molecule is CCCC(C)(C)C1C(c2ccc(N(C)C)cc2)CC2(C)C(O)CCC2C1C. The first-order valence-corrected chi connectivity index (χ1v) is 11.1. The van der Waals surface area contributed by atoms with Crippen LogP contribution in [0.5, 0.6) is 0 Å². The molecule has 2 fully saturated rings. The largest absolute Gasteiger partial charge is 0.393 e. The van der Waals surface area contributed by atoms with E-state index in [0.29, 0.717) is 29.1 Å². The summed E-state index contributed by atoms with van der Waals surface area (Å²) in [5.41, 5.74) is 3.13. The third-order valence-corrected chi connectivity index (χ3v) is 8.29. The molecule has 0 aromatic heterocycles. The summed E-state index contributed by atoms with van der Waals surface area (Å²) in [5.74, 6) is 2.52. The average Bonchev–Trinajstić information content (AvgIpc) is 2.90. The summed E-state index contributed by atoms with van der Waals surface area (Å²) < 4.78 is 0. The van der Waals surface area contributed by atoms with E-state index in [2.05, 4.69) is 77.9 Å². The number of fused-ring (bicyclic) bond motifs is 1. The molecule has 6 unspecified atom stereocenters. The highest BCUT2D eigenvalue weighted by molar-refractivity contribution is 5.47. The lowest BCUT2D eigenvalue weighted by atomic mass is 9.49. The molecule has 2 aliphatic carbocycles. The Balaban J connectivity index is 2.02. The first kappa shape index (κ1) is 20.7. The molecule has 2 nitrogen and oxygen atoms in total. The Hall–Kier alpha value is -1.02. The van der Waals surface area contributed by atoms with Gasteiger partial charge in [-0.05, 0) is 77.9 Å². The van der Waals surface area contributed by atoms with Crippen molar-refractivity contribution in [3.05, 3.63) is 29.8 Å². The number of hydrogen-bond acceptors (Lipinski definition) is 2. The Morgan fingerprint density at radius 3 is 2.33 bits per heavy atom. The lowest BCUT2D eigenvalue weighted by Crippen LogP contribution is -2.49. The van der Waals surface area contributed by atoms with Crippen LogP contribution in [0.1, 0.15) is 78.2 Å². The minimum absolute atomic E-state index is 0.0725. The van der Waals surface area contributed by atoms with Crippen molar-refractivity contribution in [2.75, 3.05) is 19.0 Å². The van der Waals surface area contributed by atoms with E-state index in [1.807, 2.05) is 0 Å². The van der Waals surface area contributed by atoms with Crippen molar-refractivity contribution in [3.63, 3.8) is 0 Å². The van der Waals surface area contributed by atoms with Crippen LogP contribution >= 0.6 is 0 Å². The summed E-state index contributed by atoms with van der Waals surface area (Å²) in [7, 11) is 4.21. The van der Waals surface area contributed by atoms with Crippen molar-refractivity contribution >= 4 is 5.69 Å². The van der Waals surface area contributed by atoms with Crippen LogP contribution in [-0.4, -0.2) is 25.3 Å². The maximum Gasteiger partial charge on any atom is 0.0596 e. The first-order chi connectivity index (χ1) is 12.6. The van der Waals surface area contributed by atoms with Gasteiger partial charge in [-0.1, -0.05) is 53.2 Å². The van der Waals surface area contributed by atoms with Crippen LogP contribution in [0.15, 0.2) is 24.3 Å². The second kappa shape index (κ2) is 7.43. The number of rotatable bonds is 5. The minimum Gasteiger partial charge on any atom is -0.393 e. The standard InChI is InChI=1S/C25H41NO/c1-8-15-24(3,4)23-17(2)21-13-14-22(27)25(21,5)16-20(23)18-9-11-19(12-10-18)26(6)7/h9-12,17,20-23,27H,8,13-16H2,1-7H3. The predicted molar refractivity (Wildman–Crippen MR) is 116 cm³/mol. The Labute approximate surface area is 167 Å². The lowest BCUT2D eigenvalue weighted by molar-refractivity contribution is -0.0706. The van der Waals surface area contributed by atoms with Gasteiger partial charge in [0.2, 0.25) is 0 Å². The maximum atomic E-state index is 10.9. The van der Waals surface area contributed by atoms with Crippen LogP contribution in [0.2, 0.25) is 0 Å². The van der Waals surface area contributed by atoms with E-state index < -0.39 is 0 Å². The third-order valence-electron chi connectivity index (χ3n) is 8.29. The van der Waals surface area contributed by atoms with Gasteiger partial charge in [0.05, 0.1) is 6.10 Å². The molecule has 2 heteroatoms. The molecule has 152 valence electrons. The number of benzene rings is 1. The fourth-order valence-corrected chi connectivity index (χ4v) is 7.02. The van der Waals surface area contributed by atoms with Gasteiger partial charge in [-0.25, -0.2) is 0 Å². The molecule has 0 saturated heterocycles. The lowest BCUT2D eigenvalue weighted by Gasteiger charge is -2.55. The smallest absolute Gasteiger partial charge is 0.0596 e. The highest BCUT2D eigenvalue weighted by atomic mass is 16.3. The molecular weight excluding hydrogens is 330 g/mol. The van der Waals surface area contributed by atoms with Gasteiger partial charge in [0.15, 0.2) is 0 Å². The van der Waals surface area contributed by atoms with Gasteiger partial charge < -0.3 is 10.0 Å². The Morgan fingerprint density at radius 2 is 1.78 bits per heavy atom. The molecule has 3 rings (SSSR count). The Bertz CT molecular complexity index is 634. The van der Waals surface area contributed by atoms with Gasteiger partial charge in [-0.15, -0.1) is 0 Å². The molecule has 0 bridgehead atoms. The molecule has 0 radical (unpaired) electrons. The molecule has 0 amide bonds. The third kappa shape index (κ3) is 3.55. The summed E-state index contributed by atoms with van der Waals surface area (Å²) in [6, 6.07) is 9.24. The number of aliphatic hydroxyl groups excluding tert-OH is 1. The molecule has 0 heterocycles. The summed E-state index contributed by atoms with van der Waals surface area (Å²) >= 11 is 0. The quantitative estimate of drug-likeness (QED) is 0.676. The van der Waals surface area contributed by atoms with Crippen LogP contribution < -0.4 is 4.90 Å². The summed E-state index contributed by atoms with van der Waals surface area (Å²) in [6.45, 7) is 12.2. The van der Waals surface area contributed by atoms with Gasteiger partial charge >= 0.3 is 0 Å². The van der Waals surface area contributed by atoms with Crippen molar-refractivity contribution < 1.29 is 5.11 Å². The Kier molecular flexibility index (Phi) is 5.70. The first-order valence-electron chi connectivity index (χ1n) is 11.1. The summed E-state index contributed by atoms with van der Waals surface area (Å²) in [4.78, 5) is 2.17. The molecule has 1 aromatic carbocycles. The number of aliphatic hydroxyl groups is 1. The van der Waals surface area contributed by atoms with E-state index in [-0.39, 0.29) is 11.5 Å². The van der Waals surface area contributed by atoms with E-state index in [0.717, 1.165) is 12.8 Å². The van der Waals surface area contributed by atoms with E-state index in [9.17, 15) is 5.11 Å². The molecule has 1 aromatic rings. The van der Waals surface area contributed by atoms with Gasteiger partial charge in [0.25, 0.3) is 0 Å². The van der Waals surface area contributed by atoms with Gasteiger partial charge in [-0.3, -0.25) is 0 Å². The van der Waals surface area contributed by atoms with Crippen LogP contribution in [0.4, 0.5) is 5.69 Å². The van der Waals surface area contributed by atoms with Crippen molar-refractivity contribution in [2.45, 2.75) is 78.7 Å². The van der Waals surface area contributed by atoms with Gasteiger partial charge in [-0.2, -0.15) is 0 Å². The molecular formula is C25H41NO. The van der Waals surface area contributed by atoms with Crippen LogP contribution in [0, 0.1) is 28.6 Å². The van der Waals surface area contributed by atoms with Crippen LogP contribution in [0.3, 0.4) is 0 Å². The molecule has 1 N–H and O–H groups in total. The Morgan fingerprint density at radius 1 is 1.15 bits per heavy atom. The van der Waals surface area contributed by atoms with Gasteiger partial charge in [0, 0.05) is 19.8 Å². The number of nitrogens with zero attached hydrogens (tertiary/aromatic N) is 1. The fourth-order valence-electron chi connectivity index (χ4n) is 7.02. The predicted octanol–water partition coefficient (Wildman–Crippen LogP) is 6.10. The van der Waals surface area contributed by atoms with Crippen LogP contribution in [-0.2, 0) is 0 Å². The molecule has 6 atom stereocenters. The number of anilines is 1. The second-order valence-corrected chi connectivity index (χ2v) is 10.6. The molecule has 2 aliphatic rings. The van der Waals surface area contributed by atoms with Crippen molar-refractivity contribution in [3.8, 4) is 0 Å². The van der Waals surface area contributed by atoms with Crippen molar-refractivity contribution in [1.82, 2.24) is 0 Å². The van der Waals surface area contributed by atoms with E-state index in [1.54, 1.807) is 0 Å². The zero-order valence-electron chi connectivity index (χ0n) is 18.6. The van der Waals surface area contributed by atoms with Gasteiger partial charge in [0.1, 0.15) is 0 Å². The van der Waals surface area contributed by atoms with Crippen LogP contribution in [0.25, 0.3) is 0 Å². The summed E-state index contributed by atoms with van der Waals surface area (Å²) in [6.07, 6.45) is 5.70. The zero-order chi connectivity index (χ0) is 20.0. The highest BCUT2D eigenvalue weighted by Crippen LogP contribution is 2.63. The number of hydrogen-bond donors (Lipinski definition) is 1. The zero-order valence-corrected chi connectivity index (χ0v) is 18.6. The highest BCUT2D eigenvalue weighted by Gasteiger charge is 2.57.